The van der Waals surface area contributed by atoms with Crippen LogP contribution in [0.2, 0.25) is 0 Å². The van der Waals surface area contributed by atoms with Gasteiger partial charge in [-0.2, -0.15) is 38.4 Å². The van der Waals surface area contributed by atoms with E-state index in [1.807, 2.05) is 102 Å². The van der Waals surface area contributed by atoms with Gasteiger partial charge in [-0.05, 0) is 74.3 Å². The van der Waals surface area contributed by atoms with Gasteiger partial charge in [-0.3, -0.25) is 24.3 Å². The average Bonchev–Trinajstić information content (AvgIpc) is 1.34. The predicted octanol–water partition coefficient (Wildman–Crippen LogP) is 6.42. The average molecular weight is 1580 g/mol. The zero-order valence-electron chi connectivity index (χ0n) is 69.6. The Labute approximate surface area is 664 Å². The predicted molar refractivity (Wildman–Crippen MR) is 418 cm³/mol. The molecule has 0 spiro atoms. The number of nitrogens with zero attached hydrogens (tertiary/aromatic N) is 7. The summed E-state index contributed by atoms with van der Waals surface area (Å²) in [5, 5.41) is 14.5. The number of esters is 4. The van der Waals surface area contributed by atoms with Crippen molar-refractivity contribution >= 4 is 48.5 Å². The van der Waals surface area contributed by atoms with E-state index in [0.717, 1.165) is 136 Å². The molecule has 0 aliphatic carbocycles. The highest BCUT2D eigenvalue weighted by molar-refractivity contribution is 5.73. The van der Waals surface area contributed by atoms with E-state index in [1.54, 1.807) is 0 Å². The lowest BCUT2D eigenvalue weighted by atomic mass is 9.95. The summed E-state index contributed by atoms with van der Waals surface area (Å²) >= 11 is 0. The first-order valence-corrected chi connectivity index (χ1v) is 37.7. The standard InChI is InChI=1S/C38H68N4O7.C24H50N4O2.C14H18O5.4CO2.CH4.H2/c1-36(2,3)30-41-19-17-39(25-33(43)28-46-23-24-47-29-35(45)48-27-32-13-11-10-12-14-32)15-16-40(26-34(44)49-38(7,8)9)18-20-42(22-21-41)31-37(4,5)6;1-22(2,3)19-27-13-11-25-10-12-26(18-21(29)30-24(7,8)9)14-15-28(17-16-27)20-23(4,5)6;15-14(19-8-12-4-2-1-3-5-12)11-17-7-6-16-9-13-10-18-13;4*2-1-3;;/h10-14,33,43H,15-31H2,1-9H3;25H,10-20H2,1-9H3;1-5,13H,6-11H2;;;;;1H4;1H/i;;;;;;;;1+1. The maximum absolute atomic E-state index is 12.9. The molecular weight excluding hydrogens is 1440 g/mol. The topological polar surface area (TPSA) is 346 Å². The number of benzene rings is 2. The van der Waals surface area contributed by atoms with Gasteiger partial charge in [-0.15, -0.1) is 0 Å². The number of carbonyl (C=O) groups is 4. The Morgan fingerprint density at radius 3 is 1.03 bits per heavy atom. The van der Waals surface area contributed by atoms with Crippen LogP contribution in [0.15, 0.2) is 60.7 Å². The van der Waals surface area contributed by atoms with Gasteiger partial charge in [0, 0.05) is 139 Å². The number of rotatable bonds is 28. The first-order valence-electron chi connectivity index (χ1n) is 37.7. The third-order valence-electron chi connectivity index (χ3n) is 15.1. The zero-order valence-corrected chi connectivity index (χ0v) is 69.6. The Morgan fingerprint density at radius 2 is 0.712 bits per heavy atom. The number of carbonyl (C=O) groups excluding carboxylic acids is 12. The minimum Gasteiger partial charge on any atom is -0.459 e. The minimum absolute atomic E-state index is 0. The lowest BCUT2D eigenvalue weighted by Crippen LogP contribution is -2.50. The second-order valence-electron chi connectivity index (χ2n) is 33.6. The summed E-state index contributed by atoms with van der Waals surface area (Å²) in [6.07, 6.45) is 0.567. The summed E-state index contributed by atoms with van der Waals surface area (Å²) in [7, 11) is 0. The van der Waals surface area contributed by atoms with Gasteiger partial charge >= 0.3 is 48.5 Å². The van der Waals surface area contributed by atoms with Gasteiger partial charge in [0.1, 0.15) is 43.7 Å². The van der Waals surface area contributed by atoms with Crippen LogP contribution in [-0.2, 0) is 113 Å². The Balaban J connectivity index is -0.000000782. The molecule has 3 heterocycles. The molecule has 0 saturated carbocycles. The fourth-order valence-corrected chi connectivity index (χ4v) is 11.1. The fourth-order valence-electron chi connectivity index (χ4n) is 11.1. The molecule has 111 heavy (non-hydrogen) atoms. The van der Waals surface area contributed by atoms with Gasteiger partial charge < -0.3 is 72.7 Å². The summed E-state index contributed by atoms with van der Waals surface area (Å²) in [6, 6.07) is 19.0. The summed E-state index contributed by atoms with van der Waals surface area (Å²) in [4.78, 5) is 131. The van der Waals surface area contributed by atoms with E-state index < -0.39 is 23.3 Å². The van der Waals surface area contributed by atoms with E-state index in [4.69, 9.17) is 81.0 Å². The molecule has 30 heteroatoms. The first-order chi connectivity index (χ1) is 51.5. The normalized spacial score (nSPS) is 16.7. The van der Waals surface area contributed by atoms with Crippen molar-refractivity contribution in [2.24, 2.45) is 21.7 Å². The third-order valence-corrected chi connectivity index (χ3v) is 15.1. The van der Waals surface area contributed by atoms with Crippen LogP contribution in [0.5, 0.6) is 0 Å². The third kappa shape index (κ3) is 73.2. The number of epoxide rings is 1. The van der Waals surface area contributed by atoms with Crippen molar-refractivity contribution in [3.8, 4) is 0 Å². The summed E-state index contributed by atoms with van der Waals surface area (Å²) < 4.78 is 48.0. The SMILES string of the molecule is C.CC(C)(C)CN1CCN(CC(=O)OC(C)(C)C)CCN(CC(O)COCCOCC(=O)OCc2ccccc2)CCN(CC(C)(C)C)CC1.CC(C)(C)CN1CCNCCN(CC(=O)OC(C)(C)C)CCN(CC(C)(C)C)CC1.O=C(COCCOCC1CO1)OCc1ccccc1.O=C=O.O=C=O.O=C=O.O=C=O.[2HH]. The Kier molecular flexibility index (Phi) is 60.3. The van der Waals surface area contributed by atoms with Crippen molar-refractivity contribution in [1.82, 2.24) is 39.6 Å². The van der Waals surface area contributed by atoms with Crippen molar-refractivity contribution in [3.63, 3.8) is 0 Å². The smallest absolute Gasteiger partial charge is 0.373 e. The molecule has 0 radical (unpaired) electrons. The lowest BCUT2D eigenvalue weighted by Gasteiger charge is -2.38. The van der Waals surface area contributed by atoms with Crippen LogP contribution in [0.25, 0.3) is 0 Å². The molecule has 2 atom stereocenters. The largest absolute Gasteiger partial charge is 0.459 e. The van der Waals surface area contributed by atoms with Crippen molar-refractivity contribution in [3.05, 3.63) is 71.8 Å². The summed E-state index contributed by atoms with van der Waals surface area (Å²) in [5.41, 5.74) is 1.79. The van der Waals surface area contributed by atoms with Gasteiger partial charge in [0.05, 0.1) is 65.4 Å². The van der Waals surface area contributed by atoms with Crippen molar-refractivity contribution in [2.75, 3.05) is 210 Å². The monoisotopic (exact) mass is 1580 g/mol. The number of hydrogen-bond donors (Lipinski definition) is 2. The Bertz CT molecular complexity index is 2830. The molecule has 0 aromatic heterocycles. The molecule has 0 bridgehead atoms. The summed E-state index contributed by atoms with van der Waals surface area (Å²) in [6.45, 7) is 61.8. The molecular formula is C81H142N8O22. The fraction of sp³-hybridized carbons (Fsp3) is 0.753. The van der Waals surface area contributed by atoms with Crippen molar-refractivity contribution in [1.29, 1.82) is 0 Å². The number of aliphatic hydroxyl groups excluding tert-OH is 1. The second-order valence-corrected chi connectivity index (χ2v) is 33.6. The number of β-amino-alcohol motifs (C(OH)–C–C–N with tert-alkyl or cyclic N) is 1. The van der Waals surface area contributed by atoms with Crippen molar-refractivity contribution < 1.29 is 107 Å². The maximum Gasteiger partial charge on any atom is 0.373 e. The molecule has 2 aromatic rings. The highest BCUT2D eigenvalue weighted by atomic mass is 16.6. The van der Waals surface area contributed by atoms with Gasteiger partial charge in [-0.1, -0.05) is 151 Å². The molecule has 30 nitrogen and oxygen atoms in total. The number of hydrogen-bond acceptors (Lipinski definition) is 30. The molecule has 3 aliphatic rings. The molecule has 3 aliphatic heterocycles. The lowest BCUT2D eigenvalue weighted by molar-refractivity contribution is -0.193. The molecule has 0 amide bonds. The number of aliphatic hydroxyl groups is 1. The molecule has 2 unspecified atom stereocenters. The van der Waals surface area contributed by atoms with Crippen LogP contribution in [0, 0.1) is 21.7 Å². The van der Waals surface area contributed by atoms with E-state index in [0.29, 0.717) is 51.4 Å². The zero-order chi connectivity index (χ0) is 83.7. The minimum atomic E-state index is -0.693. The molecule has 2 N–H and O–H groups in total. The number of nitrogens with one attached hydrogen (secondary N) is 1. The quantitative estimate of drug-likeness (QED) is 0.0401. The van der Waals surface area contributed by atoms with Gasteiger partial charge in [-0.25, -0.2) is 9.59 Å². The molecule has 5 rings (SSSR count). The molecule has 3 saturated heterocycles. The molecule has 638 valence electrons. The van der Waals surface area contributed by atoms with E-state index >= 15 is 0 Å². The van der Waals surface area contributed by atoms with Gasteiger partial charge in [0.15, 0.2) is 0 Å². The second kappa shape index (κ2) is 61.7. The molecule has 2 aromatic carbocycles. The van der Waals surface area contributed by atoms with E-state index in [-0.39, 0.29) is 127 Å². The Hall–Kier alpha value is -6.72. The van der Waals surface area contributed by atoms with E-state index in [2.05, 4.69) is 123 Å². The summed E-state index contributed by atoms with van der Waals surface area (Å²) in [5.74, 6) is -1.14. The van der Waals surface area contributed by atoms with Crippen LogP contribution < -0.4 is 5.32 Å². The van der Waals surface area contributed by atoms with Crippen LogP contribution in [0.4, 0.5) is 0 Å². The van der Waals surface area contributed by atoms with Crippen LogP contribution >= 0.6 is 0 Å². The van der Waals surface area contributed by atoms with Crippen LogP contribution in [0.1, 0.15) is 145 Å². The highest BCUT2D eigenvalue weighted by Crippen LogP contribution is 2.21. The maximum atomic E-state index is 12.9. The van der Waals surface area contributed by atoms with Crippen LogP contribution in [0.3, 0.4) is 0 Å². The van der Waals surface area contributed by atoms with Crippen molar-refractivity contribution in [2.45, 2.75) is 169 Å². The van der Waals surface area contributed by atoms with Gasteiger partial charge in [0.2, 0.25) is 0 Å². The van der Waals surface area contributed by atoms with E-state index in [1.165, 1.54) is 0 Å². The number of ether oxygens (including phenoxy) is 9. The van der Waals surface area contributed by atoms with Gasteiger partial charge in [0.25, 0.3) is 0 Å². The Morgan fingerprint density at radius 1 is 0.432 bits per heavy atom. The highest BCUT2D eigenvalue weighted by Gasteiger charge is 2.28. The van der Waals surface area contributed by atoms with Crippen LogP contribution in [-0.4, -0.2) is 321 Å². The first kappa shape index (κ1) is 108. The van der Waals surface area contributed by atoms with E-state index in [9.17, 15) is 24.3 Å². The molecule has 3 fully saturated rings.